The molecule has 0 spiro atoms. The number of nitrogens with one attached hydrogen (secondary N) is 2. The van der Waals surface area contributed by atoms with E-state index >= 15 is 0 Å². The largest absolute Gasteiger partial charge is 0.378 e. The summed E-state index contributed by atoms with van der Waals surface area (Å²) in [6.45, 7) is 4.26. The number of nitro benzene ring substituents is 1. The maximum atomic E-state index is 12.8. The van der Waals surface area contributed by atoms with Gasteiger partial charge in [-0.1, -0.05) is 25.5 Å². The maximum absolute atomic E-state index is 12.8. The number of amides is 1. The number of morpholine rings is 1. The van der Waals surface area contributed by atoms with Crippen LogP contribution in [0.3, 0.4) is 0 Å². The number of aryl methyl sites for hydroxylation is 1. The molecule has 0 atom stereocenters. The highest BCUT2D eigenvalue weighted by molar-refractivity contribution is 7.80. The zero-order chi connectivity index (χ0) is 28.1. The SMILES string of the molecule is CCCCc1ccc(-n2nc3ccc(NC(=S)NC(=O)c4ccc(N5CCOCC5)c([N+](=O)[O-])c4)cc3n2)cc1. The van der Waals surface area contributed by atoms with Crippen molar-refractivity contribution < 1.29 is 14.5 Å². The summed E-state index contributed by atoms with van der Waals surface area (Å²) in [4.78, 5) is 27.5. The van der Waals surface area contributed by atoms with Crippen molar-refractivity contribution in [2.24, 2.45) is 0 Å². The quantitative estimate of drug-likeness (QED) is 0.180. The number of unbranched alkanes of at least 4 members (excludes halogenated alkanes) is 1. The predicted octanol–water partition coefficient (Wildman–Crippen LogP) is 4.63. The van der Waals surface area contributed by atoms with Crippen LogP contribution in [0.5, 0.6) is 0 Å². The van der Waals surface area contributed by atoms with Crippen molar-refractivity contribution in [3.05, 3.63) is 81.9 Å². The molecule has 0 unspecified atom stereocenters. The van der Waals surface area contributed by atoms with Crippen LogP contribution in [-0.4, -0.2) is 57.2 Å². The van der Waals surface area contributed by atoms with E-state index in [-0.39, 0.29) is 16.4 Å². The van der Waals surface area contributed by atoms with Gasteiger partial charge in [0, 0.05) is 30.4 Å². The van der Waals surface area contributed by atoms with Gasteiger partial charge in [0.15, 0.2) is 5.11 Å². The first-order chi connectivity index (χ1) is 19.4. The van der Waals surface area contributed by atoms with Crippen LogP contribution in [-0.2, 0) is 11.2 Å². The minimum absolute atomic E-state index is 0.0549. The fourth-order valence-corrected chi connectivity index (χ4v) is 4.72. The summed E-state index contributed by atoms with van der Waals surface area (Å²) >= 11 is 5.33. The molecule has 1 aliphatic rings. The van der Waals surface area contributed by atoms with Crippen LogP contribution in [0, 0.1) is 10.1 Å². The fourth-order valence-electron chi connectivity index (χ4n) is 4.50. The number of ether oxygens (including phenoxy) is 1. The molecule has 1 aromatic heterocycles. The molecule has 2 heterocycles. The van der Waals surface area contributed by atoms with Gasteiger partial charge >= 0.3 is 0 Å². The summed E-state index contributed by atoms with van der Waals surface area (Å²) in [7, 11) is 0. The molecular weight excluding hydrogens is 530 g/mol. The molecule has 5 rings (SSSR count). The van der Waals surface area contributed by atoms with Gasteiger partial charge in [0.2, 0.25) is 0 Å². The highest BCUT2D eigenvalue weighted by atomic mass is 32.1. The second-order valence-corrected chi connectivity index (χ2v) is 9.84. The van der Waals surface area contributed by atoms with E-state index in [1.54, 1.807) is 29.1 Å². The van der Waals surface area contributed by atoms with E-state index in [0.717, 1.165) is 24.9 Å². The van der Waals surface area contributed by atoms with Gasteiger partial charge in [0.05, 0.1) is 23.8 Å². The number of rotatable bonds is 8. The van der Waals surface area contributed by atoms with Crippen molar-refractivity contribution in [3.63, 3.8) is 0 Å². The van der Waals surface area contributed by atoms with Crippen LogP contribution in [0.1, 0.15) is 35.7 Å². The molecule has 1 aliphatic heterocycles. The van der Waals surface area contributed by atoms with Crippen LogP contribution in [0.2, 0.25) is 0 Å². The molecule has 0 radical (unpaired) electrons. The summed E-state index contributed by atoms with van der Waals surface area (Å²) in [5.41, 5.74) is 4.58. The Bertz CT molecular complexity index is 1550. The van der Waals surface area contributed by atoms with E-state index in [1.807, 2.05) is 23.1 Å². The average molecular weight is 560 g/mol. The van der Waals surface area contributed by atoms with Crippen molar-refractivity contribution in [2.75, 3.05) is 36.5 Å². The first-order valence-electron chi connectivity index (χ1n) is 13.1. The van der Waals surface area contributed by atoms with Crippen molar-refractivity contribution in [1.82, 2.24) is 20.3 Å². The second kappa shape index (κ2) is 12.2. The smallest absolute Gasteiger partial charge is 0.293 e. The molecule has 1 saturated heterocycles. The lowest BCUT2D eigenvalue weighted by atomic mass is 10.1. The first kappa shape index (κ1) is 27.2. The zero-order valence-corrected chi connectivity index (χ0v) is 22.8. The fraction of sp³-hybridized carbons (Fsp3) is 0.286. The van der Waals surface area contributed by atoms with Gasteiger partial charge in [-0.25, -0.2) is 0 Å². The molecule has 4 aromatic rings. The average Bonchev–Trinajstić information content (AvgIpc) is 3.40. The monoisotopic (exact) mass is 559 g/mol. The Kier molecular flexibility index (Phi) is 8.27. The third kappa shape index (κ3) is 6.24. The summed E-state index contributed by atoms with van der Waals surface area (Å²) in [5, 5.41) is 26.5. The van der Waals surface area contributed by atoms with Crippen LogP contribution < -0.4 is 15.5 Å². The predicted molar refractivity (Wildman–Crippen MR) is 157 cm³/mol. The standard InChI is InChI=1S/C28H29N7O4S/c1-2-3-4-19-5-9-22(10-6-19)34-31-23-11-8-21(18-24(23)32-34)29-28(40)30-27(36)20-7-12-25(26(17-20)35(37)38)33-13-15-39-16-14-33/h5-12,17-18H,2-4,13-16H2,1H3,(H2,29,30,36,40). The van der Waals surface area contributed by atoms with Crippen molar-refractivity contribution in [3.8, 4) is 5.69 Å². The minimum Gasteiger partial charge on any atom is -0.378 e. The van der Waals surface area contributed by atoms with Gasteiger partial charge in [-0.3, -0.25) is 20.2 Å². The van der Waals surface area contributed by atoms with Gasteiger partial charge in [-0.2, -0.15) is 4.80 Å². The number of carbonyl (C=O) groups excluding carboxylic acids is 1. The van der Waals surface area contributed by atoms with Crippen molar-refractivity contribution >= 4 is 51.3 Å². The lowest BCUT2D eigenvalue weighted by Crippen LogP contribution is -2.37. The number of aromatic nitrogens is 3. The maximum Gasteiger partial charge on any atom is 0.293 e. The number of hydrogen-bond acceptors (Lipinski definition) is 8. The number of hydrogen-bond donors (Lipinski definition) is 2. The third-order valence-corrected chi connectivity index (χ3v) is 6.84. The third-order valence-electron chi connectivity index (χ3n) is 6.64. The molecule has 0 saturated carbocycles. The van der Waals surface area contributed by atoms with E-state index < -0.39 is 10.8 Å². The van der Waals surface area contributed by atoms with Crippen LogP contribution in [0.15, 0.2) is 60.7 Å². The molecule has 3 aromatic carbocycles. The minimum atomic E-state index is -0.552. The topological polar surface area (TPSA) is 127 Å². The number of carbonyl (C=O) groups is 1. The molecule has 2 N–H and O–H groups in total. The van der Waals surface area contributed by atoms with Crippen molar-refractivity contribution in [2.45, 2.75) is 26.2 Å². The first-order valence-corrected chi connectivity index (χ1v) is 13.5. The Balaban J connectivity index is 1.25. The highest BCUT2D eigenvalue weighted by Gasteiger charge is 2.23. The number of benzene rings is 3. The molecular formula is C28H29N7O4S. The summed E-state index contributed by atoms with van der Waals surface area (Å²) in [6.07, 6.45) is 3.36. The lowest BCUT2D eigenvalue weighted by Gasteiger charge is -2.28. The number of nitrogens with zero attached hydrogens (tertiary/aromatic N) is 5. The zero-order valence-electron chi connectivity index (χ0n) is 22.0. The van der Waals surface area contributed by atoms with E-state index in [4.69, 9.17) is 17.0 Å². The Hall–Kier alpha value is -4.42. The lowest BCUT2D eigenvalue weighted by molar-refractivity contribution is -0.384. The molecule has 0 aliphatic carbocycles. The van der Waals surface area contributed by atoms with Gasteiger partial charge in [0.25, 0.3) is 11.6 Å². The summed E-state index contributed by atoms with van der Waals surface area (Å²) in [6, 6.07) is 18.0. The van der Waals surface area contributed by atoms with E-state index in [9.17, 15) is 14.9 Å². The van der Waals surface area contributed by atoms with Crippen molar-refractivity contribution in [1.29, 1.82) is 0 Å². The van der Waals surface area contributed by atoms with Crippen LogP contribution >= 0.6 is 12.2 Å². The molecule has 0 bridgehead atoms. The molecule has 1 fully saturated rings. The Morgan fingerprint density at radius 3 is 2.52 bits per heavy atom. The molecule has 206 valence electrons. The Morgan fingerprint density at radius 1 is 1.05 bits per heavy atom. The van der Waals surface area contributed by atoms with Crippen LogP contribution in [0.25, 0.3) is 16.7 Å². The van der Waals surface area contributed by atoms with Gasteiger partial charge in [-0.15, -0.1) is 10.2 Å². The van der Waals surface area contributed by atoms with Gasteiger partial charge < -0.3 is 15.0 Å². The molecule has 1 amide bonds. The highest BCUT2D eigenvalue weighted by Crippen LogP contribution is 2.30. The van der Waals surface area contributed by atoms with Crippen LogP contribution in [0.4, 0.5) is 17.1 Å². The van der Waals surface area contributed by atoms with E-state index in [2.05, 4.69) is 39.9 Å². The molecule has 12 heteroatoms. The Labute approximate surface area is 236 Å². The number of fused-ring (bicyclic) bond motifs is 1. The molecule has 40 heavy (non-hydrogen) atoms. The number of thiocarbonyl (C=S) groups is 1. The van der Waals surface area contributed by atoms with E-state index in [1.165, 1.54) is 11.6 Å². The second-order valence-electron chi connectivity index (χ2n) is 9.43. The Morgan fingerprint density at radius 2 is 1.80 bits per heavy atom. The summed E-state index contributed by atoms with van der Waals surface area (Å²) in [5.74, 6) is -0.552. The van der Waals surface area contributed by atoms with Gasteiger partial charge in [-0.05, 0) is 73.1 Å². The number of nitro groups is 1. The normalized spacial score (nSPS) is 13.3. The van der Waals surface area contributed by atoms with Gasteiger partial charge in [0.1, 0.15) is 16.7 Å². The number of anilines is 2. The van der Waals surface area contributed by atoms with E-state index in [0.29, 0.717) is 48.7 Å². The molecule has 11 nitrogen and oxygen atoms in total. The summed E-state index contributed by atoms with van der Waals surface area (Å²) < 4.78 is 5.33.